The Morgan fingerprint density at radius 3 is 2.35 bits per heavy atom. The zero-order chi connectivity index (χ0) is 12.3. The van der Waals surface area contributed by atoms with Crippen molar-refractivity contribution in [2.75, 3.05) is 7.05 Å². The van der Waals surface area contributed by atoms with Crippen molar-refractivity contribution in [2.24, 2.45) is 0 Å². The summed E-state index contributed by atoms with van der Waals surface area (Å²) < 4.78 is 2.07. The molecule has 88 valence electrons. The number of benzene rings is 1. The fourth-order valence-corrected chi connectivity index (χ4v) is 3.02. The minimum atomic E-state index is 0.0394. The summed E-state index contributed by atoms with van der Waals surface area (Å²) in [7, 11) is 1.91. The van der Waals surface area contributed by atoms with Gasteiger partial charge in [-0.15, -0.1) is 0 Å². The minimum Gasteiger partial charge on any atom is -0.308 e. The fraction of sp³-hybridized carbons (Fsp3) is 0.167. The number of hydrogen-bond donors (Lipinski definition) is 1. The van der Waals surface area contributed by atoms with E-state index in [9.17, 15) is 0 Å². The summed E-state index contributed by atoms with van der Waals surface area (Å²) in [5.41, 5.74) is 2.04. The van der Waals surface area contributed by atoms with Crippen LogP contribution in [0.15, 0.2) is 45.7 Å². The van der Waals surface area contributed by atoms with Gasteiger partial charge in [0.15, 0.2) is 0 Å². The van der Waals surface area contributed by atoms with Gasteiger partial charge in [0.05, 0.1) is 17.9 Å². The number of nitrogens with zero attached hydrogens (tertiary/aromatic N) is 2. The molecule has 1 N–H and O–H groups in total. The summed E-state index contributed by atoms with van der Waals surface area (Å²) in [4.78, 5) is 8.43. The lowest BCUT2D eigenvalue weighted by atomic mass is 10.0. The lowest BCUT2D eigenvalue weighted by Gasteiger charge is -2.16. The zero-order valence-corrected chi connectivity index (χ0v) is 12.4. The Kier molecular flexibility index (Phi) is 4.25. The highest BCUT2D eigenvalue weighted by atomic mass is 79.9. The van der Waals surface area contributed by atoms with Crippen molar-refractivity contribution in [2.45, 2.75) is 6.04 Å². The van der Waals surface area contributed by atoms with Crippen LogP contribution in [0.25, 0.3) is 0 Å². The van der Waals surface area contributed by atoms with Crippen LogP contribution >= 0.6 is 31.9 Å². The van der Waals surface area contributed by atoms with Gasteiger partial charge in [-0.25, -0.2) is 0 Å². The van der Waals surface area contributed by atoms with Crippen LogP contribution in [0.4, 0.5) is 0 Å². The van der Waals surface area contributed by atoms with Crippen molar-refractivity contribution >= 4 is 31.9 Å². The van der Waals surface area contributed by atoms with Crippen LogP contribution < -0.4 is 5.32 Å². The Bertz CT molecular complexity index is 482. The van der Waals surface area contributed by atoms with Crippen LogP contribution in [0.2, 0.25) is 0 Å². The van der Waals surface area contributed by atoms with Crippen molar-refractivity contribution in [1.82, 2.24) is 15.3 Å². The molecule has 1 heterocycles. The van der Waals surface area contributed by atoms with E-state index in [0.717, 1.165) is 20.2 Å². The average molecular weight is 357 g/mol. The molecule has 0 saturated heterocycles. The minimum absolute atomic E-state index is 0.0394. The molecule has 1 aromatic carbocycles. The monoisotopic (exact) mass is 355 g/mol. The summed E-state index contributed by atoms with van der Waals surface area (Å²) in [6.45, 7) is 0. The van der Waals surface area contributed by atoms with Gasteiger partial charge in [0, 0.05) is 21.3 Å². The van der Waals surface area contributed by atoms with Crippen LogP contribution in [0.3, 0.4) is 0 Å². The molecule has 3 nitrogen and oxygen atoms in total. The van der Waals surface area contributed by atoms with Gasteiger partial charge in [-0.1, -0.05) is 31.9 Å². The maximum absolute atomic E-state index is 4.33. The average Bonchev–Trinajstić information content (AvgIpc) is 2.30. The third-order valence-electron chi connectivity index (χ3n) is 2.39. The van der Waals surface area contributed by atoms with Gasteiger partial charge < -0.3 is 5.32 Å². The second kappa shape index (κ2) is 5.71. The number of halogens is 2. The predicted molar refractivity (Wildman–Crippen MR) is 74.8 cm³/mol. The molecule has 0 radical (unpaired) electrons. The van der Waals surface area contributed by atoms with E-state index in [0.29, 0.717) is 0 Å². The summed E-state index contributed by atoms with van der Waals surface area (Å²) in [5, 5.41) is 3.24. The Morgan fingerprint density at radius 2 is 1.82 bits per heavy atom. The quantitative estimate of drug-likeness (QED) is 0.916. The molecule has 17 heavy (non-hydrogen) atoms. The largest absolute Gasteiger partial charge is 0.308 e. The molecule has 0 amide bonds. The molecule has 0 spiro atoms. The van der Waals surface area contributed by atoms with E-state index >= 15 is 0 Å². The SMILES string of the molecule is CNC(c1cc(Br)cc(Br)c1)c1cnccn1. The molecule has 1 unspecified atom stereocenters. The number of aromatic nitrogens is 2. The lowest BCUT2D eigenvalue weighted by Crippen LogP contribution is -2.19. The van der Waals surface area contributed by atoms with E-state index in [1.54, 1.807) is 18.6 Å². The van der Waals surface area contributed by atoms with Crippen molar-refractivity contribution < 1.29 is 0 Å². The molecule has 5 heteroatoms. The fourth-order valence-electron chi connectivity index (χ4n) is 1.69. The molecule has 0 bridgehead atoms. The maximum Gasteiger partial charge on any atom is 0.0801 e. The van der Waals surface area contributed by atoms with E-state index in [2.05, 4.69) is 59.3 Å². The molecule has 1 aromatic heterocycles. The number of hydrogen-bond acceptors (Lipinski definition) is 3. The van der Waals surface area contributed by atoms with Gasteiger partial charge in [0.2, 0.25) is 0 Å². The highest BCUT2D eigenvalue weighted by Crippen LogP contribution is 2.26. The van der Waals surface area contributed by atoms with Crippen LogP contribution in [0.1, 0.15) is 17.3 Å². The van der Waals surface area contributed by atoms with Crippen LogP contribution in [-0.2, 0) is 0 Å². The second-order valence-electron chi connectivity index (χ2n) is 3.55. The first-order valence-electron chi connectivity index (χ1n) is 5.10. The second-order valence-corrected chi connectivity index (χ2v) is 5.39. The normalized spacial score (nSPS) is 12.4. The van der Waals surface area contributed by atoms with Crippen molar-refractivity contribution in [1.29, 1.82) is 0 Å². The van der Waals surface area contributed by atoms with Crippen LogP contribution in [0.5, 0.6) is 0 Å². The molecule has 0 saturated carbocycles. The van der Waals surface area contributed by atoms with Gasteiger partial charge in [-0.3, -0.25) is 9.97 Å². The summed E-state index contributed by atoms with van der Waals surface area (Å²) in [5.74, 6) is 0. The van der Waals surface area contributed by atoms with Crippen molar-refractivity contribution in [3.8, 4) is 0 Å². The lowest BCUT2D eigenvalue weighted by molar-refractivity contribution is 0.666. The summed E-state index contributed by atoms with van der Waals surface area (Å²) in [6, 6.07) is 6.19. The molecule has 2 aromatic rings. The molecule has 2 rings (SSSR count). The first-order valence-corrected chi connectivity index (χ1v) is 6.68. The van der Waals surface area contributed by atoms with Gasteiger partial charge in [-0.2, -0.15) is 0 Å². The first-order chi connectivity index (χ1) is 8.20. The van der Waals surface area contributed by atoms with Crippen LogP contribution in [-0.4, -0.2) is 17.0 Å². The van der Waals surface area contributed by atoms with E-state index in [1.807, 2.05) is 13.1 Å². The van der Waals surface area contributed by atoms with Gasteiger partial charge in [0.25, 0.3) is 0 Å². The highest BCUT2D eigenvalue weighted by Gasteiger charge is 2.14. The Morgan fingerprint density at radius 1 is 1.12 bits per heavy atom. The van der Waals surface area contributed by atoms with E-state index in [4.69, 9.17) is 0 Å². The highest BCUT2D eigenvalue weighted by molar-refractivity contribution is 9.11. The zero-order valence-electron chi connectivity index (χ0n) is 9.19. The standard InChI is InChI=1S/C12H11Br2N3/c1-15-12(11-7-16-2-3-17-11)8-4-9(13)6-10(14)5-8/h2-7,12,15H,1H3. The third kappa shape index (κ3) is 3.12. The number of rotatable bonds is 3. The van der Waals surface area contributed by atoms with Crippen molar-refractivity contribution in [3.05, 3.63) is 57.0 Å². The van der Waals surface area contributed by atoms with E-state index in [1.165, 1.54) is 0 Å². The summed E-state index contributed by atoms with van der Waals surface area (Å²) >= 11 is 6.98. The van der Waals surface area contributed by atoms with E-state index < -0.39 is 0 Å². The third-order valence-corrected chi connectivity index (χ3v) is 3.30. The Labute approximate surface area is 117 Å². The van der Waals surface area contributed by atoms with E-state index in [-0.39, 0.29) is 6.04 Å². The molecule has 0 aliphatic rings. The maximum atomic E-state index is 4.33. The van der Waals surface area contributed by atoms with Gasteiger partial charge in [-0.05, 0) is 30.8 Å². The molecule has 1 atom stereocenters. The summed E-state index contributed by atoms with van der Waals surface area (Å²) in [6.07, 6.45) is 5.15. The van der Waals surface area contributed by atoms with Gasteiger partial charge >= 0.3 is 0 Å². The first kappa shape index (κ1) is 12.7. The Hall–Kier alpha value is -0.780. The number of nitrogens with one attached hydrogen (secondary N) is 1. The van der Waals surface area contributed by atoms with Crippen LogP contribution in [0, 0.1) is 0 Å². The smallest absolute Gasteiger partial charge is 0.0801 e. The van der Waals surface area contributed by atoms with Gasteiger partial charge in [0.1, 0.15) is 0 Å². The molecular weight excluding hydrogens is 346 g/mol. The molecule has 0 fully saturated rings. The molecular formula is C12H11Br2N3. The molecule has 0 aliphatic carbocycles. The van der Waals surface area contributed by atoms with Crippen molar-refractivity contribution in [3.63, 3.8) is 0 Å². The Balaban J connectivity index is 2.42. The molecule has 0 aliphatic heterocycles. The topological polar surface area (TPSA) is 37.8 Å². The predicted octanol–water partition coefficient (Wildman–Crippen LogP) is 3.31.